The average Bonchev–Trinajstić information content (AvgIpc) is 3.33. The third-order valence-electron chi connectivity index (χ3n) is 7.21. The number of carbonyl (C=O) groups excluding carboxylic acids is 2. The summed E-state index contributed by atoms with van der Waals surface area (Å²) in [6.45, 7) is 5.66. The van der Waals surface area contributed by atoms with Crippen LogP contribution in [-0.2, 0) is 26.1 Å². The van der Waals surface area contributed by atoms with E-state index in [4.69, 9.17) is 9.47 Å². The highest BCUT2D eigenvalue weighted by Gasteiger charge is 2.43. The maximum atomic E-state index is 13.9. The van der Waals surface area contributed by atoms with Crippen LogP contribution < -0.4 is 0 Å². The second-order valence-electron chi connectivity index (χ2n) is 9.73. The van der Waals surface area contributed by atoms with Crippen LogP contribution in [0.15, 0.2) is 52.9 Å². The highest BCUT2D eigenvalue weighted by Crippen LogP contribution is 2.41. The number of aryl methyl sites for hydroxylation is 1. The molecule has 11 heteroatoms. The molecule has 0 saturated carbocycles. The fourth-order valence-corrected chi connectivity index (χ4v) is 5.35. The van der Waals surface area contributed by atoms with E-state index in [1.165, 1.54) is 31.7 Å². The predicted molar refractivity (Wildman–Crippen MR) is 139 cm³/mol. The van der Waals surface area contributed by atoms with Gasteiger partial charge in [0.1, 0.15) is 5.92 Å². The van der Waals surface area contributed by atoms with Gasteiger partial charge in [0.25, 0.3) is 5.69 Å². The lowest BCUT2D eigenvalue weighted by Gasteiger charge is -2.33. The Morgan fingerprint density at radius 3 is 2.58 bits per heavy atom. The van der Waals surface area contributed by atoms with Crippen LogP contribution in [0.3, 0.4) is 0 Å². The molecule has 2 aliphatic heterocycles. The number of nitrogens with zero attached hydrogens (tertiary/aromatic N) is 5. The van der Waals surface area contributed by atoms with Crippen molar-refractivity contribution in [2.75, 3.05) is 26.7 Å². The van der Waals surface area contributed by atoms with E-state index in [-0.39, 0.29) is 11.3 Å². The van der Waals surface area contributed by atoms with Crippen molar-refractivity contribution in [2.45, 2.75) is 45.1 Å². The summed E-state index contributed by atoms with van der Waals surface area (Å²) in [5.74, 6) is -2.44. The molecule has 0 bridgehead atoms. The van der Waals surface area contributed by atoms with Crippen molar-refractivity contribution in [3.05, 3.63) is 69.4 Å². The second kappa shape index (κ2) is 11.7. The lowest BCUT2D eigenvalue weighted by atomic mass is 9.75. The summed E-state index contributed by atoms with van der Waals surface area (Å²) in [6.07, 6.45) is 6.13. The molecule has 202 valence electrons. The van der Waals surface area contributed by atoms with Gasteiger partial charge in [-0.3, -0.25) is 24.8 Å². The number of non-ortho nitro benzene ring substituents is 1. The molecule has 0 radical (unpaired) electrons. The van der Waals surface area contributed by atoms with Crippen LogP contribution in [-0.4, -0.2) is 63.8 Å². The summed E-state index contributed by atoms with van der Waals surface area (Å²) < 4.78 is 13.0. The number of imidazole rings is 1. The molecule has 0 spiro atoms. The van der Waals surface area contributed by atoms with Crippen molar-refractivity contribution in [3.63, 3.8) is 0 Å². The molecule has 3 unspecified atom stereocenters. The maximum absolute atomic E-state index is 13.9. The van der Waals surface area contributed by atoms with E-state index in [9.17, 15) is 19.7 Å². The van der Waals surface area contributed by atoms with E-state index in [2.05, 4.69) is 14.9 Å². The van der Waals surface area contributed by atoms with Crippen molar-refractivity contribution in [2.24, 2.45) is 18.0 Å². The summed E-state index contributed by atoms with van der Waals surface area (Å²) in [5.41, 5.74) is 1.30. The van der Waals surface area contributed by atoms with E-state index < -0.39 is 34.8 Å². The molecule has 1 aromatic carbocycles. The van der Waals surface area contributed by atoms with Gasteiger partial charge in [-0.1, -0.05) is 18.6 Å². The number of allylic oxidation sites excluding steroid dienone is 1. The van der Waals surface area contributed by atoms with Crippen molar-refractivity contribution < 1.29 is 24.0 Å². The van der Waals surface area contributed by atoms with E-state index in [0.717, 1.165) is 25.9 Å². The van der Waals surface area contributed by atoms with Gasteiger partial charge in [-0.25, -0.2) is 9.78 Å². The van der Waals surface area contributed by atoms with Crippen LogP contribution >= 0.6 is 0 Å². The zero-order valence-corrected chi connectivity index (χ0v) is 22.1. The first-order chi connectivity index (χ1) is 18.2. The van der Waals surface area contributed by atoms with Gasteiger partial charge in [-0.15, -0.1) is 0 Å². The van der Waals surface area contributed by atoms with Gasteiger partial charge in [0.05, 0.1) is 17.6 Å². The molecular formula is C27H33N5O6. The first-order valence-corrected chi connectivity index (χ1v) is 12.7. The number of hydrogen-bond donors (Lipinski definition) is 0. The Labute approximate surface area is 221 Å². The number of methoxy groups -OCH3 is 1. The maximum Gasteiger partial charge on any atom is 0.337 e. The van der Waals surface area contributed by atoms with Crippen LogP contribution in [0.1, 0.15) is 56.5 Å². The van der Waals surface area contributed by atoms with Crippen LogP contribution in [0.5, 0.6) is 0 Å². The lowest BCUT2D eigenvalue weighted by Crippen LogP contribution is -2.38. The van der Waals surface area contributed by atoms with Crippen LogP contribution in [0.2, 0.25) is 0 Å². The number of aromatic nitrogens is 2. The van der Waals surface area contributed by atoms with Gasteiger partial charge in [0.15, 0.2) is 11.9 Å². The average molecular weight is 524 g/mol. The zero-order chi connectivity index (χ0) is 27.4. The number of piperidine rings is 1. The first kappa shape index (κ1) is 27.2. The molecule has 2 aromatic rings. The number of nitro benzene ring substituents is 1. The summed E-state index contributed by atoms with van der Waals surface area (Å²) in [5, 5.41) is 11.5. The van der Waals surface area contributed by atoms with Crippen LogP contribution in [0, 0.1) is 16.0 Å². The minimum atomic E-state index is -0.943. The number of benzene rings is 1. The molecule has 0 amide bonds. The summed E-state index contributed by atoms with van der Waals surface area (Å²) in [6, 6.07) is 5.94. The number of rotatable bonds is 8. The highest BCUT2D eigenvalue weighted by atomic mass is 16.6. The van der Waals surface area contributed by atoms with Gasteiger partial charge >= 0.3 is 11.9 Å². The normalized spacial score (nSPS) is 21.0. The standard InChI is InChI=1S/C27H33N5O6/c1-17-22(26(33)37-4)24(19-9-8-10-20(15-19)32(35)36)23(18(2)29-17)27(34)38-21(25-28-11-14-30(25)3)16-31-12-6-5-7-13-31/h8-11,14-15,21-22,24H,5-7,12-13,16H2,1-4H3. The fourth-order valence-electron chi connectivity index (χ4n) is 5.35. The van der Waals surface area contributed by atoms with Crippen molar-refractivity contribution in [1.29, 1.82) is 0 Å². The molecule has 3 heterocycles. The fraction of sp³-hybridized carbons (Fsp3) is 0.481. The Hall–Kier alpha value is -3.86. The molecule has 1 saturated heterocycles. The molecular weight excluding hydrogens is 490 g/mol. The van der Waals surface area contributed by atoms with Crippen molar-refractivity contribution in [1.82, 2.24) is 14.5 Å². The number of esters is 2. The molecule has 0 N–H and O–H groups in total. The molecule has 1 aromatic heterocycles. The number of ether oxygens (including phenoxy) is 2. The first-order valence-electron chi connectivity index (χ1n) is 12.7. The summed E-state index contributed by atoms with van der Waals surface area (Å²) in [7, 11) is 3.11. The molecule has 3 atom stereocenters. The Bertz CT molecular complexity index is 1280. The molecule has 38 heavy (non-hydrogen) atoms. The minimum Gasteiger partial charge on any atom is -0.468 e. The quantitative estimate of drug-likeness (QED) is 0.291. The second-order valence-corrected chi connectivity index (χ2v) is 9.73. The third kappa shape index (κ3) is 5.67. The number of likely N-dealkylation sites (tertiary alicyclic amines) is 1. The van der Waals surface area contributed by atoms with Gasteiger partial charge in [-0.2, -0.15) is 0 Å². The Balaban J connectivity index is 1.75. The molecule has 11 nitrogen and oxygen atoms in total. The van der Waals surface area contributed by atoms with Crippen LogP contribution in [0.25, 0.3) is 0 Å². The van der Waals surface area contributed by atoms with E-state index in [0.29, 0.717) is 29.3 Å². The van der Waals surface area contributed by atoms with Crippen molar-refractivity contribution >= 4 is 23.3 Å². The van der Waals surface area contributed by atoms with Crippen LogP contribution in [0.4, 0.5) is 5.69 Å². The van der Waals surface area contributed by atoms with Gasteiger partial charge < -0.3 is 14.0 Å². The Morgan fingerprint density at radius 2 is 1.95 bits per heavy atom. The molecule has 4 rings (SSSR count). The Kier molecular flexibility index (Phi) is 8.35. The van der Waals surface area contributed by atoms with Gasteiger partial charge in [0, 0.05) is 55.4 Å². The summed E-state index contributed by atoms with van der Waals surface area (Å²) in [4.78, 5) is 49.1. The smallest absolute Gasteiger partial charge is 0.337 e. The highest BCUT2D eigenvalue weighted by molar-refractivity contribution is 6.07. The predicted octanol–water partition coefficient (Wildman–Crippen LogP) is 3.72. The van der Waals surface area contributed by atoms with Crippen molar-refractivity contribution in [3.8, 4) is 0 Å². The number of aliphatic imine (C=N–C) groups is 1. The third-order valence-corrected chi connectivity index (χ3v) is 7.21. The number of carbonyl (C=O) groups is 2. The summed E-state index contributed by atoms with van der Waals surface area (Å²) >= 11 is 0. The lowest BCUT2D eigenvalue weighted by molar-refractivity contribution is -0.384. The van der Waals surface area contributed by atoms with E-state index >= 15 is 0 Å². The SMILES string of the molecule is COC(=O)C1C(C)=NC(C)=C(C(=O)OC(CN2CCCCC2)c2nccn2C)C1c1cccc([N+](=O)[O-])c1. The largest absolute Gasteiger partial charge is 0.468 e. The van der Waals surface area contributed by atoms with Gasteiger partial charge in [0.2, 0.25) is 0 Å². The van der Waals surface area contributed by atoms with E-state index in [1.807, 2.05) is 11.6 Å². The topological polar surface area (TPSA) is 129 Å². The van der Waals surface area contributed by atoms with Gasteiger partial charge in [-0.05, 0) is 45.3 Å². The zero-order valence-electron chi connectivity index (χ0n) is 22.1. The molecule has 2 aliphatic rings. The van der Waals surface area contributed by atoms with E-state index in [1.54, 1.807) is 32.3 Å². The minimum absolute atomic E-state index is 0.146. The number of hydrogen-bond acceptors (Lipinski definition) is 9. The monoisotopic (exact) mass is 523 g/mol. The Morgan fingerprint density at radius 1 is 1.21 bits per heavy atom. The molecule has 1 fully saturated rings. The molecule has 0 aliphatic carbocycles. The number of nitro groups is 1.